The number of nitrogens with one attached hydrogen (secondary N) is 1. The summed E-state index contributed by atoms with van der Waals surface area (Å²) in [6, 6.07) is 19.1. The highest BCUT2D eigenvalue weighted by Crippen LogP contribution is 2.36. The number of aryl methyl sites for hydroxylation is 1. The number of para-hydroxylation sites is 1. The van der Waals surface area contributed by atoms with Gasteiger partial charge in [0.2, 0.25) is 5.88 Å². The van der Waals surface area contributed by atoms with Crippen LogP contribution in [0.25, 0.3) is 5.69 Å². The van der Waals surface area contributed by atoms with Gasteiger partial charge in [0.25, 0.3) is 10.0 Å². The minimum Gasteiger partial charge on any atom is -0.492 e. The van der Waals surface area contributed by atoms with E-state index in [9.17, 15) is 13.5 Å². The van der Waals surface area contributed by atoms with Crippen molar-refractivity contribution in [3.8, 4) is 11.6 Å². The molecule has 0 unspecified atom stereocenters. The molecule has 36 heavy (non-hydrogen) atoms. The molecule has 0 fully saturated rings. The Kier molecular flexibility index (Phi) is 7.88. The molecule has 14 heteroatoms. The number of aromatic nitrogens is 2. The van der Waals surface area contributed by atoms with Gasteiger partial charge in [-0.2, -0.15) is 14.9 Å². The zero-order valence-electron chi connectivity index (χ0n) is 18.4. The number of halogens is 1. The van der Waals surface area contributed by atoms with E-state index in [1.165, 1.54) is 22.9 Å². The average molecular weight is 548 g/mol. The molecule has 0 atom stereocenters. The monoisotopic (exact) mass is 547 g/mol. The third kappa shape index (κ3) is 6.02. The van der Waals surface area contributed by atoms with Crippen molar-refractivity contribution in [2.45, 2.75) is 16.7 Å². The Hall–Kier alpha value is -3.46. The first-order valence-corrected chi connectivity index (χ1v) is 12.7. The maximum absolute atomic E-state index is 12.7. The van der Waals surface area contributed by atoms with Gasteiger partial charge in [0, 0.05) is 15.6 Å². The van der Waals surface area contributed by atoms with Gasteiger partial charge in [0.1, 0.15) is 0 Å². The standard InChI is InChI=1S/C22H18ClN5O6S2/c1-14-21(22(29)28(26-14)18-10-15(23)11-19(13-18)35-34-33-30)25-24-17-8-5-9-20(12-17)36(31,32)27-16-6-3-2-4-7-16/h2-13,27,29-30H,1H3/b25-24+. The number of hydrogen-bond donors (Lipinski definition) is 3. The summed E-state index contributed by atoms with van der Waals surface area (Å²) in [5.74, 6) is -0.316. The predicted octanol–water partition coefficient (Wildman–Crippen LogP) is 6.18. The van der Waals surface area contributed by atoms with Crippen molar-refractivity contribution in [2.24, 2.45) is 10.2 Å². The van der Waals surface area contributed by atoms with Crippen LogP contribution in [0.2, 0.25) is 5.02 Å². The third-order valence-electron chi connectivity index (χ3n) is 4.69. The number of azo groups is 1. The predicted molar refractivity (Wildman–Crippen MR) is 134 cm³/mol. The maximum atomic E-state index is 12.7. The summed E-state index contributed by atoms with van der Waals surface area (Å²) in [7, 11) is -3.85. The van der Waals surface area contributed by atoms with Gasteiger partial charge in [-0.15, -0.1) is 9.45 Å². The Morgan fingerprint density at radius 1 is 1.06 bits per heavy atom. The van der Waals surface area contributed by atoms with Gasteiger partial charge in [0.15, 0.2) is 5.69 Å². The summed E-state index contributed by atoms with van der Waals surface area (Å²) in [4.78, 5) is 0.460. The van der Waals surface area contributed by atoms with Crippen LogP contribution >= 0.6 is 23.6 Å². The second-order valence-corrected chi connectivity index (χ2v) is 10.1. The molecule has 186 valence electrons. The molecule has 0 saturated heterocycles. The molecule has 0 spiro atoms. The van der Waals surface area contributed by atoms with Crippen molar-refractivity contribution in [3.05, 3.63) is 83.5 Å². The Morgan fingerprint density at radius 2 is 1.83 bits per heavy atom. The molecule has 1 heterocycles. The molecule has 3 N–H and O–H groups in total. The van der Waals surface area contributed by atoms with E-state index in [-0.39, 0.29) is 22.2 Å². The highest BCUT2D eigenvalue weighted by molar-refractivity contribution is 7.94. The topological polar surface area (TPSA) is 148 Å². The SMILES string of the molecule is Cc1nn(-c2cc(Cl)cc(SOOO)c2)c(O)c1/N=N/c1cccc(S(=O)(=O)Nc2ccccc2)c1. The lowest BCUT2D eigenvalue weighted by Gasteiger charge is -2.08. The number of rotatable bonds is 9. The summed E-state index contributed by atoms with van der Waals surface area (Å²) in [5.41, 5.74) is 1.49. The van der Waals surface area contributed by atoms with Gasteiger partial charge in [-0.3, -0.25) is 4.72 Å². The zero-order chi connectivity index (χ0) is 25.7. The van der Waals surface area contributed by atoms with Crippen LogP contribution < -0.4 is 4.72 Å². The first-order chi connectivity index (χ1) is 17.3. The molecule has 0 aliphatic heterocycles. The van der Waals surface area contributed by atoms with Crippen LogP contribution in [0.4, 0.5) is 17.1 Å². The van der Waals surface area contributed by atoms with Gasteiger partial charge in [-0.25, -0.2) is 13.7 Å². The molecule has 0 aliphatic rings. The van der Waals surface area contributed by atoms with E-state index in [2.05, 4.69) is 29.4 Å². The number of anilines is 1. The molecule has 0 aliphatic carbocycles. The molecule has 3 aromatic carbocycles. The fourth-order valence-electron chi connectivity index (χ4n) is 3.12. The second-order valence-electron chi connectivity index (χ2n) is 7.21. The molecular weight excluding hydrogens is 530 g/mol. The molecule has 4 aromatic rings. The minimum absolute atomic E-state index is 0.00234. The zero-order valence-corrected chi connectivity index (χ0v) is 20.8. The lowest BCUT2D eigenvalue weighted by Crippen LogP contribution is -2.12. The summed E-state index contributed by atoms with van der Waals surface area (Å²) in [6.07, 6.45) is 0. The quantitative estimate of drug-likeness (QED) is 0.0972. The van der Waals surface area contributed by atoms with E-state index >= 15 is 0 Å². The van der Waals surface area contributed by atoms with E-state index in [1.807, 2.05) is 0 Å². The van der Waals surface area contributed by atoms with Crippen LogP contribution in [0.3, 0.4) is 0 Å². The summed E-state index contributed by atoms with van der Waals surface area (Å²) in [6.45, 7) is 1.62. The number of aromatic hydroxyl groups is 1. The highest BCUT2D eigenvalue weighted by Gasteiger charge is 2.18. The van der Waals surface area contributed by atoms with Crippen LogP contribution in [0.1, 0.15) is 5.69 Å². The van der Waals surface area contributed by atoms with E-state index in [1.54, 1.807) is 61.5 Å². The van der Waals surface area contributed by atoms with E-state index < -0.39 is 10.0 Å². The summed E-state index contributed by atoms with van der Waals surface area (Å²) < 4.78 is 33.6. The Morgan fingerprint density at radius 3 is 2.58 bits per heavy atom. The first kappa shape index (κ1) is 25.6. The van der Waals surface area contributed by atoms with Crippen molar-refractivity contribution >= 4 is 50.7 Å². The van der Waals surface area contributed by atoms with Crippen molar-refractivity contribution in [3.63, 3.8) is 0 Å². The Balaban J connectivity index is 1.60. The number of nitrogens with zero attached hydrogens (tertiary/aromatic N) is 4. The molecule has 1 aromatic heterocycles. The summed E-state index contributed by atoms with van der Waals surface area (Å²) >= 11 is 6.83. The number of benzene rings is 3. The number of hydrogen-bond acceptors (Lipinski definition) is 10. The normalized spacial score (nSPS) is 11.8. The lowest BCUT2D eigenvalue weighted by atomic mass is 10.3. The molecule has 0 bridgehead atoms. The largest absolute Gasteiger partial charge is 0.492 e. The molecular formula is C22H18ClN5O6S2. The Bertz CT molecular complexity index is 1510. The number of sulfonamides is 1. The van der Waals surface area contributed by atoms with Crippen molar-refractivity contribution in [2.75, 3.05) is 4.72 Å². The van der Waals surface area contributed by atoms with Crippen LogP contribution in [-0.4, -0.2) is 28.6 Å². The lowest BCUT2D eigenvalue weighted by molar-refractivity contribution is -0.432. The molecule has 4 rings (SSSR count). The molecule has 0 amide bonds. The molecule has 0 saturated carbocycles. The Labute approximate surface area is 215 Å². The molecule has 0 radical (unpaired) electrons. The summed E-state index contributed by atoms with van der Waals surface area (Å²) in [5, 5.41) is 35.4. The van der Waals surface area contributed by atoms with Gasteiger partial charge >= 0.3 is 0 Å². The second kappa shape index (κ2) is 11.1. The van der Waals surface area contributed by atoms with E-state index in [4.69, 9.17) is 16.9 Å². The van der Waals surface area contributed by atoms with Crippen LogP contribution in [0, 0.1) is 6.92 Å². The first-order valence-electron chi connectivity index (χ1n) is 10.1. The van der Waals surface area contributed by atoms with Crippen LogP contribution in [-0.2, 0) is 19.4 Å². The third-order valence-corrected chi connectivity index (χ3v) is 6.84. The van der Waals surface area contributed by atoms with Gasteiger partial charge in [-0.1, -0.05) is 40.9 Å². The van der Waals surface area contributed by atoms with Gasteiger partial charge < -0.3 is 5.11 Å². The molecule has 11 nitrogen and oxygen atoms in total. The smallest absolute Gasteiger partial charge is 0.261 e. The van der Waals surface area contributed by atoms with E-state index in [0.29, 0.717) is 39.0 Å². The highest BCUT2D eigenvalue weighted by atomic mass is 35.5. The van der Waals surface area contributed by atoms with Crippen molar-refractivity contribution < 1.29 is 28.2 Å². The van der Waals surface area contributed by atoms with Gasteiger partial charge in [0.05, 0.1) is 34.0 Å². The van der Waals surface area contributed by atoms with Gasteiger partial charge in [-0.05, 0) is 55.5 Å². The maximum Gasteiger partial charge on any atom is 0.261 e. The van der Waals surface area contributed by atoms with Crippen LogP contribution in [0.5, 0.6) is 5.88 Å². The average Bonchev–Trinajstić information content (AvgIpc) is 3.14. The minimum atomic E-state index is -3.85. The fraction of sp³-hybridized carbons (Fsp3) is 0.0455. The fourth-order valence-corrected chi connectivity index (χ4v) is 4.96. The van der Waals surface area contributed by atoms with Crippen molar-refractivity contribution in [1.82, 2.24) is 9.78 Å². The van der Waals surface area contributed by atoms with Crippen LogP contribution in [0.15, 0.2) is 92.8 Å². The van der Waals surface area contributed by atoms with Crippen molar-refractivity contribution in [1.29, 1.82) is 0 Å². The van der Waals surface area contributed by atoms with E-state index in [0.717, 1.165) is 0 Å².